The second-order valence-electron chi connectivity index (χ2n) is 4.88. The molecule has 1 unspecified atom stereocenters. The molecule has 0 bridgehead atoms. The van der Waals surface area contributed by atoms with E-state index in [4.69, 9.17) is 0 Å². The minimum absolute atomic E-state index is 0.195. The van der Waals surface area contributed by atoms with Crippen molar-refractivity contribution in [2.75, 3.05) is 6.61 Å². The van der Waals surface area contributed by atoms with Crippen molar-refractivity contribution in [3.63, 3.8) is 0 Å². The molecule has 14 heavy (non-hydrogen) atoms. The maximum absolute atomic E-state index is 9.32. The van der Waals surface area contributed by atoms with E-state index in [0.717, 1.165) is 6.42 Å². The fourth-order valence-corrected chi connectivity index (χ4v) is 2.04. The number of aliphatic hydroxyl groups excluding tert-OH is 1. The molecule has 0 saturated heterocycles. The summed E-state index contributed by atoms with van der Waals surface area (Å²) in [5.74, 6) is 0. The molecular weight excluding hydrogens is 172 g/mol. The van der Waals surface area contributed by atoms with Crippen LogP contribution in [0.15, 0.2) is 0 Å². The molecule has 0 radical (unpaired) electrons. The summed E-state index contributed by atoms with van der Waals surface area (Å²) in [5, 5.41) is 9.32. The van der Waals surface area contributed by atoms with Gasteiger partial charge in [-0.1, -0.05) is 59.3 Å². The Labute approximate surface area is 89.9 Å². The van der Waals surface area contributed by atoms with E-state index in [9.17, 15) is 5.11 Å². The zero-order chi connectivity index (χ0) is 10.9. The van der Waals surface area contributed by atoms with Gasteiger partial charge in [-0.05, 0) is 18.3 Å². The lowest BCUT2D eigenvalue weighted by atomic mass is 9.81. The standard InChI is InChI=1S/C13H28O/c1-4-6-7-8-9-11-13(3,12-14)10-5-2/h14H,4-12H2,1-3H3. The first-order valence-electron chi connectivity index (χ1n) is 6.29. The molecular formula is C13H28O. The van der Waals surface area contributed by atoms with Gasteiger partial charge in [-0.25, -0.2) is 0 Å². The third-order valence-corrected chi connectivity index (χ3v) is 3.12. The highest BCUT2D eigenvalue weighted by Crippen LogP contribution is 2.29. The minimum Gasteiger partial charge on any atom is -0.396 e. The Morgan fingerprint density at radius 2 is 1.50 bits per heavy atom. The van der Waals surface area contributed by atoms with Gasteiger partial charge in [-0.15, -0.1) is 0 Å². The molecule has 0 aromatic heterocycles. The predicted molar refractivity (Wildman–Crippen MR) is 63.5 cm³/mol. The average Bonchev–Trinajstić information content (AvgIpc) is 2.18. The van der Waals surface area contributed by atoms with Gasteiger partial charge in [0, 0.05) is 6.61 Å². The van der Waals surface area contributed by atoms with E-state index < -0.39 is 0 Å². The quantitative estimate of drug-likeness (QED) is 0.554. The third-order valence-electron chi connectivity index (χ3n) is 3.12. The van der Waals surface area contributed by atoms with Gasteiger partial charge < -0.3 is 5.11 Å². The highest BCUT2D eigenvalue weighted by molar-refractivity contribution is 4.72. The average molecular weight is 200 g/mol. The maximum atomic E-state index is 9.32. The van der Waals surface area contributed by atoms with Crippen LogP contribution in [0.1, 0.15) is 72.1 Å². The molecule has 0 fully saturated rings. The zero-order valence-electron chi connectivity index (χ0n) is 10.3. The van der Waals surface area contributed by atoms with Crippen LogP contribution in [0.4, 0.5) is 0 Å². The molecule has 0 heterocycles. The number of aliphatic hydroxyl groups is 1. The van der Waals surface area contributed by atoms with E-state index in [1.807, 2.05) is 0 Å². The summed E-state index contributed by atoms with van der Waals surface area (Å²) in [4.78, 5) is 0. The number of unbranched alkanes of at least 4 members (excludes halogenated alkanes) is 4. The summed E-state index contributed by atoms with van der Waals surface area (Å²) >= 11 is 0. The van der Waals surface area contributed by atoms with E-state index in [-0.39, 0.29) is 5.41 Å². The van der Waals surface area contributed by atoms with Gasteiger partial charge in [0.05, 0.1) is 0 Å². The van der Waals surface area contributed by atoms with Gasteiger partial charge in [0.25, 0.3) is 0 Å². The van der Waals surface area contributed by atoms with Gasteiger partial charge >= 0.3 is 0 Å². The molecule has 1 nitrogen and oxygen atoms in total. The van der Waals surface area contributed by atoms with Crippen LogP contribution in [0.5, 0.6) is 0 Å². The normalized spacial score (nSPS) is 15.4. The Morgan fingerprint density at radius 1 is 0.857 bits per heavy atom. The van der Waals surface area contributed by atoms with Gasteiger partial charge in [-0.2, -0.15) is 0 Å². The highest BCUT2D eigenvalue weighted by atomic mass is 16.3. The van der Waals surface area contributed by atoms with Crippen molar-refractivity contribution >= 4 is 0 Å². The molecule has 86 valence electrons. The smallest absolute Gasteiger partial charge is 0.0484 e. The van der Waals surface area contributed by atoms with Crippen LogP contribution in [0.3, 0.4) is 0 Å². The van der Waals surface area contributed by atoms with Crippen LogP contribution < -0.4 is 0 Å². The second kappa shape index (κ2) is 8.28. The first kappa shape index (κ1) is 14.0. The van der Waals surface area contributed by atoms with Crippen molar-refractivity contribution in [1.29, 1.82) is 0 Å². The van der Waals surface area contributed by atoms with Crippen LogP contribution in [-0.2, 0) is 0 Å². The van der Waals surface area contributed by atoms with Crippen LogP contribution in [0.25, 0.3) is 0 Å². The largest absolute Gasteiger partial charge is 0.396 e. The molecule has 1 atom stereocenters. The van der Waals surface area contributed by atoms with E-state index in [1.54, 1.807) is 0 Å². The fourth-order valence-electron chi connectivity index (χ4n) is 2.04. The molecule has 0 rings (SSSR count). The summed E-state index contributed by atoms with van der Waals surface area (Å²) in [7, 11) is 0. The Morgan fingerprint density at radius 3 is 2.00 bits per heavy atom. The van der Waals surface area contributed by atoms with Crippen molar-refractivity contribution in [3.05, 3.63) is 0 Å². The summed E-state index contributed by atoms with van der Waals surface area (Å²) in [6.07, 6.45) is 10.2. The first-order valence-corrected chi connectivity index (χ1v) is 6.29. The second-order valence-corrected chi connectivity index (χ2v) is 4.88. The van der Waals surface area contributed by atoms with E-state index in [1.165, 1.54) is 44.9 Å². The number of hydrogen-bond acceptors (Lipinski definition) is 1. The molecule has 1 heteroatoms. The molecule has 0 aliphatic heterocycles. The van der Waals surface area contributed by atoms with Crippen molar-refractivity contribution < 1.29 is 5.11 Å². The van der Waals surface area contributed by atoms with Crippen LogP contribution >= 0.6 is 0 Å². The van der Waals surface area contributed by atoms with Crippen molar-refractivity contribution in [2.45, 2.75) is 72.1 Å². The number of hydrogen-bond donors (Lipinski definition) is 1. The summed E-state index contributed by atoms with van der Waals surface area (Å²) in [5.41, 5.74) is 0.195. The minimum atomic E-state index is 0.195. The molecule has 0 aromatic carbocycles. The van der Waals surface area contributed by atoms with E-state index in [0.29, 0.717) is 6.61 Å². The molecule has 0 aromatic rings. The topological polar surface area (TPSA) is 20.2 Å². The fraction of sp³-hybridized carbons (Fsp3) is 1.00. The van der Waals surface area contributed by atoms with Crippen LogP contribution in [-0.4, -0.2) is 11.7 Å². The highest BCUT2D eigenvalue weighted by Gasteiger charge is 2.21. The van der Waals surface area contributed by atoms with Crippen LogP contribution in [0.2, 0.25) is 0 Å². The first-order chi connectivity index (χ1) is 6.68. The van der Waals surface area contributed by atoms with Gasteiger partial charge in [0.2, 0.25) is 0 Å². The summed E-state index contributed by atoms with van der Waals surface area (Å²) in [6, 6.07) is 0. The molecule has 0 aliphatic carbocycles. The molecule has 0 saturated carbocycles. The number of rotatable bonds is 9. The zero-order valence-corrected chi connectivity index (χ0v) is 10.3. The Balaban J connectivity index is 3.51. The summed E-state index contributed by atoms with van der Waals surface area (Å²) in [6.45, 7) is 7.02. The van der Waals surface area contributed by atoms with Crippen molar-refractivity contribution in [3.8, 4) is 0 Å². The Hall–Kier alpha value is -0.0400. The van der Waals surface area contributed by atoms with Gasteiger partial charge in [0.1, 0.15) is 0 Å². The van der Waals surface area contributed by atoms with E-state index in [2.05, 4.69) is 20.8 Å². The molecule has 1 N–H and O–H groups in total. The summed E-state index contributed by atoms with van der Waals surface area (Å²) < 4.78 is 0. The van der Waals surface area contributed by atoms with Crippen molar-refractivity contribution in [1.82, 2.24) is 0 Å². The van der Waals surface area contributed by atoms with Crippen LogP contribution in [0, 0.1) is 5.41 Å². The lowest BCUT2D eigenvalue weighted by Gasteiger charge is -2.26. The van der Waals surface area contributed by atoms with Gasteiger partial charge in [-0.3, -0.25) is 0 Å². The Bertz CT molecular complexity index is 122. The maximum Gasteiger partial charge on any atom is 0.0484 e. The lowest BCUT2D eigenvalue weighted by Crippen LogP contribution is -2.20. The molecule has 0 aliphatic rings. The lowest BCUT2D eigenvalue weighted by molar-refractivity contribution is 0.119. The SMILES string of the molecule is CCCCCCCC(C)(CO)CCC. The van der Waals surface area contributed by atoms with Crippen molar-refractivity contribution in [2.24, 2.45) is 5.41 Å². The Kier molecular flexibility index (Phi) is 8.26. The molecule has 0 amide bonds. The van der Waals surface area contributed by atoms with E-state index >= 15 is 0 Å². The monoisotopic (exact) mass is 200 g/mol. The predicted octanol–water partition coefficient (Wildman–Crippen LogP) is 4.15. The third kappa shape index (κ3) is 6.42. The molecule has 0 spiro atoms. The van der Waals surface area contributed by atoms with Gasteiger partial charge in [0.15, 0.2) is 0 Å².